The predicted octanol–water partition coefficient (Wildman–Crippen LogP) is 4.11. The summed E-state index contributed by atoms with van der Waals surface area (Å²) in [4.78, 5) is 11.7. The van der Waals surface area contributed by atoms with Gasteiger partial charge in [0.15, 0.2) is 0 Å². The highest BCUT2D eigenvalue weighted by atomic mass is 16.6. The van der Waals surface area contributed by atoms with E-state index < -0.39 is 11.7 Å². The summed E-state index contributed by atoms with van der Waals surface area (Å²) in [5.41, 5.74) is 6.96. The fraction of sp³-hybridized carbons (Fsp3) is 0.611. The number of hydrogen-bond acceptors (Lipinski definition) is 4. The minimum Gasteiger partial charge on any atom is -0.491 e. The van der Waals surface area contributed by atoms with E-state index in [-0.39, 0.29) is 0 Å². The van der Waals surface area contributed by atoms with Gasteiger partial charge in [0.25, 0.3) is 0 Å². The van der Waals surface area contributed by atoms with Crippen molar-refractivity contribution in [2.75, 3.05) is 12.3 Å². The maximum absolute atomic E-state index is 11.7. The van der Waals surface area contributed by atoms with E-state index >= 15 is 0 Å². The molecule has 0 saturated carbocycles. The molecule has 3 N–H and O–H groups in total. The van der Waals surface area contributed by atoms with Gasteiger partial charge in [0.2, 0.25) is 0 Å². The molecule has 0 saturated heterocycles. The number of carbonyl (C=O) groups is 1. The lowest BCUT2D eigenvalue weighted by molar-refractivity contribution is 0.0523. The minimum atomic E-state index is -0.504. The van der Waals surface area contributed by atoms with Crippen LogP contribution >= 0.6 is 0 Å². The summed E-state index contributed by atoms with van der Waals surface area (Å²) < 4.78 is 11.0. The van der Waals surface area contributed by atoms with Crippen molar-refractivity contribution in [3.8, 4) is 5.75 Å². The van der Waals surface area contributed by atoms with E-state index in [1.54, 1.807) is 6.07 Å². The summed E-state index contributed by atoms with van der Waals surface area (Å²) in [6, 6.07) is 5.53. The third-order valence-corrected chi connectivity index (χ3v) is 3.10. The van der Waals surface area contributed by atoms with E-state index in [0.717, 1.165) is 18.4 Å². The number of anilines is 1. The van der Waals surface area contributed by atoms with Crippen molar-refractivity contribution in [2.24, 2.45) is 5.92 Å². The van der Waals surface area contributed by atoms with Gasteiger partial charge in [-0.3, -0.25) is 0 Å². The average molecular weight is 322 g/mol. The molecule has 0 aliphatic carbocycles. The molecule has 0 radical (unpaired) electrons. The van der Waals surface area contributed by atoms with Crippen LogP contribution in [-0.2, 0) is 11.3 Å². The lowest BCUT2D eigenvalue weighted by Crippen LogP contribution is -2.32. The van der Waals surface area contributed by atoms with Gasteiger partial charge in [0.05, 0.1) is 12.3 Å². The molecule has 1 aromatic rings. The third-order valence-electron chi connectivity index (χ3n) is 3.10. The molecule has 5 nitrogen and oxygen atoms in total. The van der Waals surface area contributed by atoms with Crippen LogP contribution in [0.5, 0.6) is 5.75 Å². The molecule has 1 rings (SSSR count). The van der Waals surface area contributed by atoms with E-state index in [2.05, 4.69) is 19.2 Å². The smallest absolute Gasteiger partial charge is 0.407 e. The van der Waals surface area contributed by atoms with Crippen LogP contribution in [-0.4, -0.2) is 18.3 Å². The standard InChI is InChI=1S/C18H30N2O3/c1-13(2)7-6-10-22-16-11-14(8-9-15(16)19)12-20-17(21)23-18(3,4)5/h8-9,11,13H,6-7,10,12,19H2,1-5H3,(H,20,21). The van der Waals surface area contributed by atoms with E-state index in [1.807, 2.05) is 32.9 Å². The molecule has 0 aromatic heterocycles. The predicted molar refractivity (Wildman–Crippen MR) is 93.5 cm³/mol. The molecule has 0 fully saturated rings. The Labute approximate surface area is 139 Å². The van der Waals surface area contributed by atoms with Crippen LogP contribution in [0.2, 0.25) is 0 Å². The Morgan fingerprint density at radius 2 is 2.00 bits per heavy atom. The van der Waals surface area contributed by atoms with Crippen molar-refractivity contribution in [3.05, 3.63) is 23.8 Å². The topological polar surface area (TPSA) is 73.6 Å². The molecule has 1 amide bonds. The van der Waals surface area contributed by atoms with Crippen LogP contribution in [0.1, 0.15) is 53.0 Å². The molecule has 0 unspecified atom stereocenters. The number of benzene rings is 1. The summed E-state index contributed by atoms with van der Waals surface area (Å²) in [5, 5.41) is 2.73. The molecule has 0 atom stereocenters. The molecule has 130 valence electrons. The second-order valence-corrected chi connectivity index (χ2v) is 7.11. The highest BCUT2D eigenvalue weighted by Crippen LogP contribution is 2.23. The number of ether oxygens (including phenoxy) is 2. The largest absolute Gasteiger partial charge is 0.491 e. The number of nitrogens with two attached hydrogens (primary N) is 1. The first-order valence-electron chi connectivity index (χ1n) is 8.15. The summed E-state index contributed by atoms with van der Waals surface area (Å²) in [7, 11) is 0. The van der Waals surface area contributed by atoms with Crippen LogP contribution in [0, 0.1) is 5.92 Å². The second kappa shape index (κ2) is 8.65. The molecule has 23 heavy (non-hydrogen) atoms. The Hall–Kier alpha value is -1.91. The monoisotopic (exact) mass is 322 g/mol. The Morgan fingerprint density at radius 3 is 2.61 bits per heavy atom. The first-order chi connectivity index (χ1) is 10.7. The van der Waals surface area contributed by atoms with Crippen LogP contribution < -0.4 is 15.8 Å². The van der Waals surface area contributed by atoms with Crippen LogP contribution in [0.3, 0.4) is 0 Å². The number of nitrogen functional groups attached to an aromatic ring is 1. The van der Waals surface area contributed by atoms with E-state index in [4.69, 9.17) is 15.2 Å². The van der Waals surface area contributed by atoms with E-state index in [9.17, 15) is 4.79 Å². The number of alkyl carbamates (subject to hydrolysis) is 1. The van der Waals surface area contributed by atoms with Crippen LogP contribution in [0.15, 0.2) is 18.2 Å². The lowest BCUT2D eigenvalue weighted by atomic mass is 10.1. The van der Waals surface area contributed by atoms with Gasteiger partial charge in [-0.15, -0.1) is 0 Å². The fourth-order valence-electron chi connectivity index (χ4n) is 1.98. The Morgan fingerprint density at radius 1 is 1.30 bits per heavy atom. The molecule has 0 aliphatic rings. The molecule has 5 heteroatoms. The highest BCUT2D eigenvalue weighted by Gasteiger charge is 2.15. The Bertz CT molecular complexity index is 507. The molecule has 0 heterocycles. The van der Waals surface area contributed by atoms with Crippen molar-refractivity contribution in [3.63, 3.8) is 0 Å². The number of carbonyl (C=O) groups excluding carboxylic acids is 1. The number of nitrogens with one attached hydrogen (secondary N) is 1. The minimum absolute atomic E-state index is 0.373. The summed E-state index contributed by atoms with van der Waals surface area (Å²) in [5.74, 6) is 1.33. The van der Waals surface area contributed by atoms with Crippen LogP contribution in [0.4, 0.5) is 10.5 Å². The van der Waals surface area contributed by atoms with Gasteiger partial charge in [0.1, 0.15) is 11.4 Å². The first-order valence-corrected chi connectivity index (χ1v) is 8.15. The van der Waals surface area contributed by atoms with E-state index in [0.29, 0.717) is 30.5 Å². The van der Waals surface area contributed by atoms with Gasteiger partial charge in [-0.2, -0.15) is 0 Å². The van der Waals surface area contributed by atoms with Gasteiger partial charge < -0.3 is 20.5 Å². The maximum Gasteiger partial charge on any atom is 0.407 e. The fourth-order valence-corrected chi connectivity index (χ4v) is 1.98. The zero-order valence-corrected chi connectivity index (χ0v) is 14.9. The average Bonchev–Trinajstić information content (AvgIpc) is 2.41. The van der Waals surface area contributed by atoms with Gasteiger partial charge in [-0.05, 0) is 57.2 Å². The zero-order chi connectivity index (χ0) is 17.5. The number of amides is 1. The highest BCUT2D eigenvalue weighted by molar-refractivity contribution is 5.67. The molecule has 0 spiro atoms. The summed E-state index contributed by atoms with van der Waals surface area (Å²) in [6.45, 7) is 10.9. The quantitative estimate of drug-likeness (QED) is 0.585. The van der Waals surface area contributed by atoms with Gasteiger partial charge in [-0.1, -0.05) is 19.9 Å². The Balaban J connectivity index is 2.51. The van der Waals surface area contributed by atoms with Gasteiger partial charge >= 0.3 is 6.09 Å². The maximum atomic E-state index is 11.7. The van der Waals surface area contributed by atoms with Gasteiger partial charge in [0, 0.05) is 6.54 Å². The normalized spacial score (nSPS) is 11.4. The van der Waals surface area contributed by atoms with Crippen LogP contribution in [0.25, 0.3) is 0 Å². The number of hydrogen-bond donors (Lipinski definition) is 2. The zero-order valence-electron chi connectivity index (χ0n) is 14.9. The third kappa shape index (κ3) is 8.33. The van der Waals surface area contributed by atoms with Crippen molar-refractivity contribution < 1.29 is 14.3 Å². The lowest BCUT2D eigenvalue weighted by Gasteiger charge is -2.19. The van der Waals surface area contributed by atoms with Crippen molar-refractivity contribution in [1.82, 2.24) is 5.32 Å². The van der Waals surface area contributed by atoms with Gasteiger partial charge in [-0.25, -0.2) is 4.79 Å². The second-order valence-electron chi connectivity index (χ2n) is 7.11. The molecule has 0 bridgehead atoms. The molecule has 0 aliphatic heterocycles. The SMILES string of the molecule is CC(C)CCCOc1cc(CNC(=O)OC(C)(C)C)ccc1N. The van der Waals surface area contributed by atoms with Crippen molar-refractivity contribution in [2.45, 2.75) is 59.6 Å². The van der Waals surface area contributed by atoms with E-state index in [1.165, 1.54) is 0 Å². The molecular weight excluding hydrogens is 292 g/mol. The summed E-state index contributed by atoms with van der Waals surface area (Å²) in [6.07, 6.45) is 1.69. The number of rotatable bonds is 7. The van der Waals surface area contributed by atoms with Crippen molar-refractivity contribution >= 4 is 11.8 Å². The Kier molecular flexibility index (Phi) is 7.20. The first kappa shape index (κ1) is 19.1. The van der Waals surface area contributed by atoms with Crippen molar-refractivity contribution in [1.29, 1.82) is 0 Å². The summed E-state index contributed by atoms with van der Waals surface area (Å²) >= 11 is 0. The molecular formula is C18H30N2O3. The molecule has 1 aromatic carbocycles.